The quantitative estimate of drug-likeness (QED) is 0.679. The fraction of sp³-hybridized carbons (Fsp3) is 0.412. The van der Waals surface area contributed by atoms with Gasteiger partial charge < -0.3 is 25.4 Å². The number of nitrogens with one attached hydrogen (secondary N) is 2. The highest BCUT2D eigenvalue weighted by atomic mass is 35.5. The van der Waals surface area contributed by atoms with Crippen molar-refractivity contribution < 1.29 is 14.6 Å². The normalized spacial score (nSPS) is 17.0. The number of carbonyl (C=O) groups excluding carboxylic acids is 1. The molecule has 0 bridgehead atoms. The molecule has 0 spiro atoms. The summed E-state index contributed by atoms with van der Waals surface area (Å²) in [4.78, 5) is 14.7. The van der Waals surface area contributed by atoms with Gasteiger partial charge in [0.15, 0.2) is 16.6 Å². The highest BCUT2D eigenvalue weighted by molar-refractivity contribution is 7.80. The van der Waals surface area contributed by atoms with Gasteiger partial charge in [0.05, 0.1) is 23.7 Å². The van der Waals surface area contributed by atoms with E-state index < -0.39 is 6.04 Å². The highest BCUT2D eigenvalue weighted by Gasteiger charge is 2.32. The summed E-state index contributed by atoms with van der Waals surface area (Å²) < 4.78 is 5.17. The maximum absolute atomic E-state index is 13.0. The predicted octanol–water partition coefficient (Wildman–Crippen LogP) is 2.72. The zero-order valence-corrected chi connectivity index (χ0v) is 16.2. The van der Waals surface area contributed by atoms with E-state index in [4.69, 9.17) is 28.6 Å². The first-order valence-electron chi connectivity index (χ1n) is 7.97. The summed E-state index contributed by atoms with van der Waals surface area (Å²) >= 11 is 11.4. The van der Waals surface area contributed by atoms with Crippen molar-refractivity contribution in [1.29, 1.82) is 0 Å². The predicted molar refractivity (Wildman–Crippen MR) is 102 cm³/mol. The Labute approximate surface area is 157 Å². The lowest BCUT2D eigenvalue weighted by atomic mass is 9.94. The van der Waals surface area contributed by atoms with Crippen LogP contribution < -0.4 is 15.4 Å². The monoisotopic (exact) mass is 383 g/mol. The third-order valence-electron chi connectivity index (χ3n) is 4.15. The first kappa shape index (κ1) is 19.3. The summed E-state index contributed by atoms with van der Waals surface area (Å²) in [7, 11) is 1.44. The molecule has 8 heteroatoms. The van der Waals surface area contributed by atoms with E-state index >= 15 is 0 Å². The van der Waals surface area contributed by atoms with Crippen molar-refractivity contribution in [1.82, 2.24) is 15.5 Å². The van der Waals surface area contributed by atoms with Crippen molar-refractivity contribution in [2.24, 2.45) is 0 Å². The van der Waals surface area contributed by atoms with Gasteiger partial charge in [0.1, 0.15) is 0 Å². The molecule has 1 atom stereocenters. The molecule has 0 fully saturated rings. The lowest BCUT2D eigenvalue weighted by molar-refractivity contribution is -0.127. The first-order chi connectivity index (χ1) is 11.8. The summed E-state index contributed by atoms with van der Waals surface area (Å²) in [6.07, 6.45) is 0. The first-order valence-corrected chi connectivity index (χ1v) is 8.76. The molecule has 6 nitrogen and oxygen atoms in total. The number of thiocarbonyl (C=S) groups is 1. The molecule has 25 heavy (non-hydrogen) atoms. The van der Waals surface area contributed by atoms with Crippen LogP contribution in [0.1, 0.15) is 32.4 Å². The molecule has 0 radical (unpaired) electrons. The van der Waals surface area contributed by atoms with Gasteiger partial charge in [-0.25, -0.2) is 0 Å². The van der Waals surface area contributed by atoms with E-state index in [-0.39, 0.29) is 22.4 Å². The van der Waals surface area contributed by atoms with Gasteiger partial charge in [-0.3, -0.25) is 4.79 Å². The zero-order chi connectivity index (χ0) is 18.7. The second kappa shape index (κ2) is 7.93. The Hall–Kier alpha value is -1.99. The maximum atomic E-state index is 13.0. The third kappa shape index (κ3) is 3.82. The fourth-order valence-electron chi connectivity index (χ4n) is 2.82. The largest absolute Gasteiger partial charge is 0.503 e. The van der Waals surface area contributed by atoms with Gasteiger partial charge in [-0.15, -0.1) is 0 Å². The molecule has 1 aliphatic rings. The molecule has 0 saturated heterocycles. The van der Waals surface area contributed by atoms with Crippen LogP contribution in [0.25, 0.3) is 0 Å². The number of amides is 1. The van der Waals surface area contributed by atoms with Crippen LogP contribution in [0.4, 0.5) is 0 Å². The van der Waals surface area contributed by atoms with E-state index in [1.54, 1.807) is 17.0 Å². The number of phenolic OH excluding ortho intramolecular Hbond substituents is 1. The molecule has 1 aromatic carbocycles. The SMILES string of the molecule is CCN(CC)C(=O)C1=C(C)NC(=S)N[C@H]1c1cc(Cl)c(O)c(OC)c1. The minimum atomic E-state index is -0.492. The Balaban J connectivity index is 2.57. The molecule has 2 rings (SSSR count). The second-order valence-electron chi connectivity index (χ2n) is 5.60. The van der Waals surface area contributed by atoms with Gasteiger partial charge in [-0.2, -0.15) is 0 Å². The van der Waals surface area contributed by atoms with Gasteiger partial charge in [-0.1, -0.05) is 11.6 Å². The Morgan fingerprint density at radius 1 is 1.40 bits per heavy atom. The minimum Gasteiger partial charge on any atom is -0.503 e. The van der Waals surface area contributed by atoms with Crippen molar-refractivity contribution in [3.05, 3.63) is 34.0 Å². The molecule has 1 aromatic rings. The number of hydrogen-bond donors (Lipinski definition) is 3. The van der Waals surface area contributed by atoms with E-state index in [0.717, 1.165) is 0 Å². The van der Waals surface area contributed by atoms with Crippen LogP contribution in [0.15, 0.2) is 23.4 Å². The highest BCUT2D eigenvalue weighted by Crippen LogP contribution is 2.39. The number of nitrogens with zero attached hydrogens (tertiary/aromatic N) is 1. The fourth-order valence-corrected chi connectivity index (χ4v) is 3.31. The standard InChI is InChI=1S/C17H22ClN3O3S/c1-5-21(6-2)16(23)13-9(3)19-17(25)20-14(13)10-7-11(18)15(22)12(8-10)24-4/h7-8,14,22H,5-6H2,1-4H3,(H2,19,20,25)/t14-/m0/s1. The Morgan fingerprint density at radius 2 is 2.04 bits per heavy atom. The molecule has 0 aliphatic carbocycles. The maximum Gasteiger partial charge on any atom is 0.253 e. The Bertz CT molecular complexity index is 732. The van der Waals surface area contributed by atoms with Crippen LogP contribution in [0.5, 0.6) is 11.5 Å². The van der Waals surface area contributed by atoms with E-state index in [1.807, 2.05) is 20.8 Å². The van der Waals surface area contributed by atoms with Crippen LogP contribution in [0.3, 0.4) is 0 Å². The van der Waals surface area contributed by atoms with Crippen molar-refractivity contribution in [3.8, 4) is 11.5 Å². The van der Waals surface area contributed by atoms with E-state index in [9.17, 15) is 9.90 Å². The Morgan fingerprint density at radius 3 is 2.60 bits per heavy atom. The van der Waals surface area contributed by atoms with Gasteiger partial charge in [0, 0.05) is 18.8 Å². The second-order valence-corrected chi connectivity index (χ2v) is 6.42. The van der Waals surface area contributed by atoms with Gasteiger partial charge in [0.25, 0.3) is 5.91 Å². The molecule has 136 valence electrons. The smallest absolute Gasteiger partial charge is 0.253 e. The number of phenols is 1. The lowest BCUT2D eigenvalue weighted by Crippen LogP contribution is -2.47. The molecule has 0 saturated carbocycles. The van der Waals surface area contributed by atoms with Crippen molar-refractivity contribution in [2.45, 2.75) is 26.8 Å². The van der Waals surface area contributed by atoms with Crippen molar-refractivity contribution in [3.63, 3.8) is 0 Å². The van der Waals surface area contributed by atoms with Crippen molar-refractivity contribution >= 4 is 34.8 Å². The van der Waals surface area contributed by atoms with Crippen LogP contribution >= 0.6 is 23.8 Å². The third-order valence-corrected chi connectivity index (χ3v) is 4.66. The van der Waals surface area contributed by atoms with Gasteiger partial charge in [-0.05, 0) is 50.7 Å². The molecule has 0 unspecified atom stereocenters. The summed E-state index contributed by atoms with van der Waals surface area (Å²) in [6.45, 7) is 6.88. The summed E-state index contributed by atoms with van der Waals surface area (Å²) in [5.41, 5.74) is 1.92. The van der Waals surface area contributed by atoms with Gasteiger partial charge >= 0.3 is 0 Å². The number of ether oxygens (including phenoxy) is 1. The molecule has 1 aliphatic heterocycles. The van der Waals surface area contributed by atoms with Crippen LogP contribution in [0, 0.1) is 0 Å². The number of aromatic hydroxyl groups is 1. The number of hydrogen-bond acceptors (Lipinski definition) is 4. The molecular weight excluding hydrogens is 362 g/mol. The average Bonchev–Trinajstić information content (AvgIpc) is 2.57. The molecular formula is C17H22ClN3O3S. The van der Waals surface area contributed by atoms with Gasteiger partial charge in [0.2, 0.25) is 0 Å². The number of methoxy groups -OCH3 is 1. The summed E-state index contributed by atoms with van der Waals surface area (Å²) in [6, 6.07) is 2.76. The summed E-state index contributed by atoms with van der Waals surface area (Å²) in [5, 5.41) is 16.6. The summed E-state index contributed by atoms with van der Waals surface area (Å²) in [5.74, 6) is 0.0148. The zero-order valence-electron chi connectivity index (χ0n) is 14.6. The van der Waals surface area contributed by atoms with Crippen LogP contribution in [0.2, 0.25) is 5.02 Å². The number of likely N-dealkylation sites (N-methyl/N-ethyl adjacent to an activating group) is 1. The average molecular weight is 384 g/mol. The number of benzene rings is 1. The topological polar surface area (TPSA) is 73.8 Å². The molecule has 3 N–H and O–H groups in total. The number of allylic oxidation sites excluding steroid dienone is 1. The molecule has 1 amide bonds. The van der Waals surface area contributed by atoms with Crippen molar-refractivity contribution in [2.75, 3.05) is 20.2 Å². The number of carbonyl (C=O) groups is 1. The number of rotatable bonds is 5. The molecule has 1 heterocycles. The number of halogens is 1. The lowest BCUT2D eigenvalue weighted by Gasteiger charge is -2.33. The molecule has 0 aromatic heterocycles. The minimum absolute atomic E-state index is 0.0850. The Kier molecular flexibility index (Phi) is 6.13. The van der Waals surface area contributed by atoms with E-state index in [1.165, 1.54) is 7.11 Å². The van der Waals surface area contributed by atoms with Crippen LogP contribution in [-0.4, -0.2) is 41.2 Å². The van der Waals surface area contributed by atoms with E-state index in [2.05, 4.69) is 10.6 Å². The van der Waals surface area contributed by atoms with E-state index in [0.29, 0.717) is 35.0 Å². The van der Waals surface area contributed by atoms with Crippen LogP contribution in [-0.2, 0) is 4.79 Å².